The molecule has 6 heteroatoms. The van der Waals surface area contributed by atoms with Crippen LogP contribution in [0, 0.1) is 13.8 Å². The first-order chi connectivity index (χ1) is 12.0. The van der Waals surface area contributed by atoms with Crippen molar-refractivity contribution in [3.05, 3.63) is 40.0 Å². The number of carbonyl (C=O) groups is 1. The lowest BCUT2D eigenvalue weighted by Gasteiger charge is -2.28. The van der Waals surface area contributed by atoms with Crippen molar-refractivity contribution in [1.29, 1.82) is 0 Å². The van der Waals surface area contributed by atoms with Crippen LogP contribution in [0.3, 0.4) is 0 Å². The van der Waals surface area contributed by atoms with Gasteiger partial charge in [-0.3, -0.25) is 9.69 Å². The number of ether oxygens (including phenoxy) is 1. The van der Waals surface area contributed by atoms with Crippen molar-refractivity contribution in [2.75, 3.05) is 39.9 Å². The summed E-state index contributed by atoms with van der Waals surface area (Å²) in [5.41, 5.74) is 4.24. The molecule has 0 spiro atoms. The van der Waals surface area contributed by atoms with Crippen molar-refractivity contribution >= 4 is 28.4 Å². The van der Waals surface area contributed by atoms with Gasteiger partial charge in [-0.2, -0.15) is 0 Å². The SMILES string of the molecule is Cc1ccc2cc(CN(C)CC(=O)N3CCOCC3)c(Cl)nc2c1C. The lowest BCUT2D eigenvalue weighted by atomic mass is 10.0. The van der Waals surface area contributed by atoms with Crippen LogP contribution in [0.4, 0.5) is 0 Å². The number of benzene rings is 1. The maximum absolute atomic E-state index is 12.4. The van der Waals surface area contributed by atoms with Crippen molar-refractivity contribution in [3.63, 3.8) is 0 Å². The molecule has 1 amide bonds. The lowest BCUT2D eigenvalue weighted by Crippen LogP contribution is -2.44. The van der Waals surface area contributed by atoms with Crippen molar-refractivity contribution < 1.29 is 9.53 Å². The van der Waals surface area contributed by atoms with Gasteiger partial charge in [-0.1, -0.05) is 23.7 Å². The Morgan fingerprint density at radius 2 is 2.04 bits per heavy atom. The molecule has 2 aromatic rings. The number of aromatic nitrogens is 1. The third-order valence-corrected chi connectivity index (χ3v) is 5.07. The number of carbonyl (C=O) groups excluding carboxylic acids is 1. The number of likely N-dealkylation sites (N-methyl/N-ethyl adjacent to an activating group) is 1. The zero-order valence-electron chi connectivity index (χ0n) is 15.0. The minimum absolute atomic E-state index is 0.127. The van der Waals surface area contributed by atoms with Gasteiger partial charge in [-0.25, -0.2) is 4.98 Å². The Hall–Kier alpha value is -1.69. The van der Waals surface area contributed by atoms with Crippen molar-refractivity contribution in [2.24, 2.45) is 0 Å². The van der Waals surface area contributed by atoms with E-state index in [1.807, 2.05) is 16.8 Å². The Balaban J connectivity index is 1.72. The standard InChI is InChI=1S/C19H24ClN3O2/c1-13-4-5-15-10-16(19(20)21-18(15)14(13)2)11-22(3)12-17(24)23-6-8-25-9-7-23/h4-5,10H,6-9,11-12H2,1-3H3. The molecule has 3 rings (SSSR count). The van der Waals surface area contributed by atoms with Gasteiger partial charge in [-0.05, 0) is 38.1 Å². The second kappa shape index (κ2) is 7.68. The summed E-state index contributed by atoms with van der Waals surface area (Å²) < 4.78 is 5.29. The molecular weight excluding hydrogens is 338 g/mol. The fourth-order valence-corrected chi connectivity index (χ4v) is 3.30. The Kier molecular flexibility index (Phi) is 5.57. The molecule has 0 aliphatic carbocycles. The number of halogens is 1. The van der Waals surface area contributed by atoms with Gasteiger partial charge in [0.25, 0.3) is 0 Å². The van der Waals surface area contributed by atoms with Gasteiger partial charge in [0.15, 0.2) is 0 Å². The molecule has 1 aliphatic heterocycles. The number of hydrogen-bond acceptors (Lipinski definition) is 4. The lowest BCUT2D eigenvalue weighted by molar-refractivity contribution is -0.136. The van der Waals surface area contributed by atoms with Crippen LogP contribution in [0.2, 0.25) is 5.15 Å². The number of nitrogens with zero attached hydrogens (tertiary/aromatic N) is 3. The van der Waals surface area contributed by atoms with Crippen LogP contribution in [0.25, 0.3) is 10.9 Å². The van der Waals surface area contributed by atoms with E-state index >= 15 is 0 Å². The first-order valence-corrected chi connectivity index (χ1v) is 8.93. The van der Waals surface area contributed by atoms with E-state index in [2.05, 4.69) is 37.0 Å². The van der Waals surface area contributed by atoms with E-state index in [4.69, 9.17) is 16.3 Å². The van der Waals surface area contributed by atoms with E-state index in [-0.39, 0.29) is 5.91 Å². The van der Waals surface area contributed by atoms with E-state index < -0.39 is 0 Å². The average Bonchev–Trinajstić information content (AvgIpc) is 2.60. The molecule has 1 aromatic carbocycles. The molecule has 5 nitrogen and oxygen atoms in total. The van der Waals surface area contributed by atoms with E-state index in [9.17, 15) is 4.79 Å². The second-order valence-corrected chi connectivity index (χ2v) is 7.04. The molecule has 0 radical (unpaired) electrons. The monoisotopic (exact) mass is 361 g/mol. The number of hydrogen-bond donors (Lipinski definition) is 0. The number of fused-ring (bicyclic) bond motifs is 1. The van der Waals surface area contributed by atoms with Gasteiger partial charge in [0, 0.05) is 30.6 Å². The van der Waals surface area contributed by atoms with Crippen molar-refractivity contribution in [3.8, 4) is 0 Å². The van der Waals surface area contributed by atoms with Crippen LogP contribution >= 0.6 is 11.6 Å². The normalized spacial score (nSPS) is 15.2. The van der Waals surface area contributed by atoms with Crippen LogP contribution in [0.5, 0.6) is 0 Å². The Bertz CT molecular complexity index is 788. The third kappa shape index (κ3) is 4.11. The molecule has 0 N–H and O–H groups in total. The van der Waals surface area contributed by atoms with Crippen LogP contribution in [0.15, 0.2) is 18.2 Å². The second-order valence-electron chi connectivity index (χ2n) is 6.68. The van der Waals surface area contributed by atoms with Gasteiger partial charge in [0.05, 0.1) is 25.3 Å². The van der Waals surface area contributed by atoms with Crippen molar-refractivity contribution in [2.45, 2.75) is 20.4 Å². The molecule has 25 heavy (non-hydrogen) atoms. The first kappa shape index (κ1) is 18.1. The molecule has 2 heterocycles. The van der Waals surface area contributed by atoms with Gasteiger partial charge in [-0.15, -0.1) is 0 Å². The fraction of sp³-hybridized carbons (Fsp3) is 0.474. The Morgan fingerprint density at radius 3 is 2.76 bits per heavy atom. The smallest absolute Gasteiger partial charge is 0.236 e. The molecule has 0 unspecified atom stereocenters. The number of aryl methyl sites for hydroxylation is 2. The molecule has 0 atom stereocenters. The van der Waals surface area contributed by atoms with E-state index in [1.165, 1.54) is 5.56 Å². The van der Waals surface area contributed by atoms with E-state index in [0.717, 1.165) is 22.0 Å². The molecule has 1 fully saturated rings. The number of amides is 1. The quantitative estimate of drug-likeness (QED) is 0.785. The molecule has 1 aromatic heterocycles. The molecular formula is C19H24ClN3O2. The molecule has 134 valence electrons. The minimum Gasteiger partial charge on any atom is -0.378 e. The predicted molar refractivity (Wildman–Crippen MR) is 100.0 cm³/mol. The summed E-state index contributed by atoms with van der Waals surface area (Å²) in [6, 6.07) is 6.25. The summed E-state index contributed by atoms with van der Waals surface area (Å²) in [5.74, 6) is 0.127. The van der Waals surface area contributed by atoms with Gasteiger partial charge >= 0.3 is 0 Å². The third-order valence-electron chi connectivity index (χ3n) is 4.75. The topological polar surface area (TPSA) is 45.7 Å². The van der Waals surface area contributed by atoms with Gasteiger partial charge < -0.3 is 9.64 Å². The van der Waals surface area contributed by atoms with Crippen LogP contribution in [-0.4, -0.2) is 60.6 Å². The molecule has 0 saturated carbocycles. The number of rotatable bonds is 4. The summed E-state index contributed by atoms with van der Waals surface area (Å²) in [6.07, 6.45) is 0. The van der Waals surface area contributed by atoms with Gasteiger partial charge in [0.2, 0.25) is 5.91 Å². The summed E-state index contributed by atoms with van der Waals surface area (Å²) in [6.45, 7) is 7.67. The maximum atomic E-state index is 12.4. The summed E-state index contributed by atoms with van der Waals surface area (Å²) in [5, 5.41) is 1.59. The minimum atomic E-state index is 0.127. The zero-order chi connectivity index (χ0) is 18.0. The maximum Gasteiger partial charge on any atom is 0.236 e. The summed E-state index contributed by atoms with van der Waals surface area (Å²) >= 11 is 6.41. The highest BCUT2D eigenvalue weighted by atomic mass is 35.5. The van der Waals surface area contributed by atoms with E-state index in [1.54, 1.807) is 0 Å². The van der Waals surface area contributed by atoms with Crippen LogP contribution in [0.1, 0.15) is 16.7 Å². The number of morpholine rings is 1. The predicted octanol–water partition coefficient (Wildman–Crippen LogP) is 2.80. The molecule has 1 aliphatic rings. The highest BCUT2D eigenvalue weighted by Crippen LogP contribution is 2.25. The molecule has 1 saturated heterocycles. The van der Waals surface area contributed by atoms with Crippen molar-refractivity contribution in [1.82, 2.24) is 14.8 Å². The largest absolute Gasteiger partial charge is 0.378 e. The van der Waals surface area contributed by atoms with Crippen LogP contribution < -0.4 is 0 Å². The fourth-order valence-electron chi connectivity index (χ4n) is 3.11. The Labute approximate surface area is 153 Å². The summed E-state index contributed by atoms with van der Waals surface area (Å²) in [7, 11) is 1.93. The first-order valence-electron chi connectivity index (χ1n) is 8.55. The van der Waals surface area contributed by atoms with E-state index in [0.29, 0.717) is 44.5 Å². The number of pyridine rings is 1. The summed E-state index contributed by atoms with van der Waals surface area (Å²) in [4.78, 5) is 20.8. The van der Waals surface area contributed by atoms with Gasteiger partial charge in [0.1, 0.15) is 5.15 Å². The highest BCUT2D eigenvalue weighted by molar-refractivity contribution is 6.30. The highest BCUT2D eigenvalue weighted by Gasteiger charge is 2.19. The molecule has 0 bridgehead atoms. The average molecular weight is 362 g/mol. The zero-order valence-corrected chi connectivity index (χ0v) is 15.8. The van der Waals surface area contributed by atoms with Crippen LogP contribution in [-0.2, 0) is 16.1 Å². The Morgan fingerprint density at radius 1 is 1.32 bits per heavy atom.